The number of nitrogens with zero attached hydrogens (tertiary/aromatic N) is 1. The molecule has 32 heavy (non-hydrogen) atoms. The number of hydrogen-bond donors (Lipinski definition) is 1. The van der Waals surface area contributed by atoms with E-state index in [1.165, 1.54) is 12.1 Å². The number of carbonyl (C=O) groups excluding carboxylic acids is 1. The number of ether oxygens (including phenoxy) is 2. The Morgan fingerprint density at radius 1 is 1.22 bits per heavy atom. The van der Waals surface area contributed by atoms with E-state index in [9.17, 15) is 18.0 Å². The summed E-state index contributed by atoms with van der Waals surface area (Å²) in [6.07, 6.45) is -0.00330. The zero-order valence-corrected chi connectivity index (χ0v) is 18.0. The molecule has 8 heteroatoms. The highest BCUT2D eigenvalue weighted by molar-refractivity contribution is 5.84. The summed E-state index contributed by atoms with van der Waals surface area (Å²) in [5.74, 6) is 1.27. The van der Waals surface area contributed by atoms with Gasteiger partial charge in [-0.15, -0.1) is 0 Å². The highest BCUT2D eigenvalue weighted by atomic mass is 19.4. The van der Waals surface area contributed by atoms with Gasteiger partial charge in [-0.05, 0) is 73.2 Å². The van der Waals surface area contributed by atoms with E-state index in [-0.39, 0.29) is 6.04 Å². The molecular formula is C24H25F3N2O3. The molecule has 1 N–H and O–H groups in total. The average molecular weight is 446 g/mol. The minimum absolute atomic E-state index is 0.197. The molecule has 0 fully saturated rings. The first-order chi connectivity index (χ1) is 15.4. The van der Waals surface area contributed by atoms with Gasteiger partial charge in [0.1, 0.15) is 0 Å². The number of aromatic nitrogens is 1. The second-order valence-corrected chi connectivity index (χ2v) is 7.85. The van der Waals surface area contributed by atoms with Crippen LogP contribution in [-0.4, -0.2) is 36.6 Å². The first-order valence-electron chi connectivity index (χ1n) is 10.6. The molecule has 170 valence electrons. The standard InChI is InChI=1S/C24H25F3N2O3/c1-3-32-23-12-19-15(10-22(23)31-2)8-9-29(14-30)21(19)7-4-16-13-28-20-6-5-17(11-18(16)20)24(25,26)27/h5-6,10-14,21,28H,3-4,7-9H2,1-2H3. The molecule has 1 aromatic heterocycles. The molecule has 2 heterocycles. The number of H-pyrrole nitrogens is 1. The molecule has 0 radical (unpaired) electrons. The molecule has 1 aliphatic rings. The Labute approximate surface area is 184 Å². The summed E-state index contributed by atoms with van der Waals surface area (Å²) in [7, 11) is 1.59. The summed E-state index contributed by atoms with van der Waals surface area (Å²) in [4.78, 5) is 16.6. The fraction of sp³-hybridized carbons (Fsp3) is 0.375. The number of rotatable bonds is 7. The SMILES string of the molecule is CCOc1cc2c(cc1OC)CCN(C=O)C2CCc1c[nH]c2ccc(C(F)(F)F)cc12. The maximum absolute atomic E-state index is 13.2. The molecular weight excluding hydrogens is 421 g/mol. The van der Waals surface area contributed by atoms with Crippen LogP contribution in [0.15, 0.2) is 36.5 Å². The predicted octanol–water partition coefficient (Wildman–Crippen LogP) is 5.28. The molecule has 1 amide bonds. The van der Waals surface area contributed by atoms with E-state index >= 15 is 0 Å². The van der Waals surface area contributed by atoms with Crippen LogP contribution >= 0.6 is 0 Å². The van der Waals surface area contributed by atoms with Crippen LogP contribution in [0.2, 0.25) is 0 Å². The topological polar surface area (TPSA) is 54.6 Å². The van der Waals surface area contributed by atoms with Crippen LogP contribution in [0.1, 0.15) is 41.6 Å². The third-order valence-electron chi connectivity index (χ3n) is 6.04. The van der Waals surface area contributed by atoms with Gasteiger partial charge in [0.2, 0.25) is 6.41 Å². The lowest BCUT2D eigenvalue weighted by atomic mass is 9.88. The Kier molecular flexibility index (Phi) is 6.04. The van der Waals surface area contributed by atoms with Crippen molar-refractivity contribution in [1.82, 2.24) is 9.88 Å². The monoisotopic (exact) mass is 446 g/mol. The quantitative estimate of drug-likeness (QED) is 0.503. The van der Waals surface area contributed by atoms with E-state index in [1.807, 2.05) is 19.1 Å². The molecule has 3 aromatic rings. The van der Waals surface area contributed by atoms with Gasteiger partial charge in [-0.1, -0.05) is 0 Å². The number of nitrogens with one attached hydrogen (secondary N) is 1. The summed E-state index contributed by atoms with van der Waals surface area (Å²) in [5, 5.41) is 0.554. The zero-order chi connectivity index (χ0) is 22.9. The summed E-state index contributed by atoms with van der Waals surface area (Å²) >= 11 is 0. The minimum atomic E-state index is -4.39. The molecule has 0 saturated heterocycles. The maximum Gasteiger partial charge on any atom is 0.416 e. The average Bonchev–Trinajstić information content (AvgIpc) is 3.18. The lowest BCUT2D eigenvalue weighted by molar-refractivity contribution is -0.137. The fourth-order valence-corrected chi connectivity index (χ4v) is 4.46. The van der Waals surface area contributed by atoms with Crippen LogP contribution in [0.5, 0.6) is 11.5 Å². The number of aryl methyl sites for hydroxylation is 1. The van der Waals surface area contributed by atoms with Crippen molar-refractivity contribution in [3.05, 3.63) is 58.8 Å². The van der Waals surface area contributed by atoms with Gasteiger partial charge in [-0.3, -0.25) is 4.79 Å². The smallest absolute Gasteiger partial charge is 0.416 e. The number of fused-ring (bicyclic) bond motifs is 2. The van der Waals surface area contributed by atoms with Crippen LogP contribution in [0, 0.1) is 0 Å². The normalized spacial score (nSPS) is 16.2. The van der Waals surface area contributed by atoms with Crippen LogP contribution in [0.25, 0.3) is 10.9 Å². The number of hydrogen-bond acceptors (Lipinski definition) is 3. The van der Waals surface area contributed by atoms with Gasteiger partial charge in [0.15, 0.2) is 11.5 Å². The van der Waals surface area contributed by atoms with Crippen molar-refractivity contribution < 1.29 is 27.4 Å². The molecule has 0 spiro atoms. The Hall–Kier alpha value is -3.16. The predicted molar refractivity (Wildman–Crippen MR) is 115 cm³/mol. The van der Waals surface area contributed by atoms with Crippen molar-refractivity contribution in [2.75, 3.05) is 20.3 Å². The lowest BCUT2D eigenvalue weighted by Crippen LogP contribution is -2.34. The van der Waals surface area contributed by atoms with Crippen molar-refractivity contribution in [3.63, 3.8) is 0 Å². The molecule has 2 aromatic carbocycles. The zero-order valence-electron chi connectivity index (χ0n) is 18.0. The maximum atomic E-state index is 13.2. The van der Waals surface area contributed by atoms with Crippen LogP contribution in [0.3, 0.4) is 0 Å². The van der Waals surface area contributed by atoms with E-state index in [4.69, 9.17) is 9.47 Å². The van der Waals surface area contributed by atoms with Crippen molar-refractivity contribution in [2.45, 2.75) is 38.4 Å². The number of halogens is 3. The Bertz CT molecular complexity index is 1120. The van der Waals surface area contributed by atoms with E-state index in [2.05, 4.69) is 4.98 Å². The van der Waals surface area contributed by atoms with Gasteiger partial charge in [-0.2, -0.15) is 13.2 Å². The molecule has 5 nitrogen and oxygen atoms in total. The van der Waals surface area contributed by atoms with E-state index in [0.29, 0.717) is 54.8 Å². The van der Waals surface area contributed by atoms with Crippen LogP contribution < -0.4 is 9.47 Å². The molecule has 0 saturated carbocycles. The number of amides is 1. The molecule has 1 unspecified atom stereocenters. The summed E-state index contributed by atoms with van der Waals surface area (Å²) in [6.45, 7) is 2.94. The lowest BCUT2D eigenvalue weighted by Gasteiger charge is -2.35. The summed E-state index contributed by atoms with van der Waals surface area (Å²) < 4.78 is 50.7. The molecule has 4 rings (SSSR count). The second kappa shape index (κ2) is 8.76. The number of benzene rings is 2. The van der Waals surface area contributed by atoms with Crippen LogP contribution in [-0.2, 0) is 23.8 Å². The van der Waals surface area contributed by atoms with E-state index in [0.717, 1.165) is 29.2 Å². The number of aromatic amines is 1. The number of carbonyl (C=O) groups is 1. The van der Waals surface area contributed by atoms with Gasteiger partial charge >= 0.3 is 6.18 Å². The molecule has 0 bridgehead atoms. The number of alkyl halides is 3. The van der Waals surface area contributed by atoms with Gasteiger partial charge in [0, 0.05) is 23.6 Å². The van der Waals surface area contributed by atoms with Gasteiger partial charge in [-0.25, -0.2) is 0 Å². The Morgan fingerprint density at radius 3 is 2.72 bits per heavy atom. The highest BCUT2D eigenvalue weighted by Crippen LogP contribution is 2.40. The molecule has 1 aliphatic heterocycles. The van der Waals surface area contributed by atoms with E-state index in [1.54, 1.807) is 18.2 Å². The van der Waals surface area contributed by atoms with Crippen molar-refractivity contribution in [3.8, 4) is 11.5 Å². The third kappa shape index (κ3) is 4.13. The summed E-state index contributed by atoms with van der Waals surface area (Å²) in [5.41, 5.74) is 2.86. The Balaban J connectivity index is 1.65. The Morgan fingerprint density at radius 2 is 2.03 bits per heavy atom. The molecule has 0 aliphatic carbocycles. The van der Waals surface area contributed by atoms with Gasteiger partial charge < -0.3 is 19.4 Å². The first-order valence-corrected chi connectivity index (χ1v) is 10.6. The minimum Gasteiger partial charge on any atom is -0.493 e. The summed E-state index contributed by atoms with van der Waals surface area (Å²) in [6, 6.07) is 7.40. The van der Waals surface area contributed by atoms with Gasteiger partial charge in [0.05, 0.1) is 25.3 Å². The molecule has 1 atom stereocenters. The first kappa shape index (κ1) is 22.0. The van der Waals surface area contributed by atoms with Crippen molar-refractivity contribution >= 4 is 17.3 Å². The largest absolute Gasteiger partial charge is 0.493 e. The van der Waals surface area contributed by atoms with E-state index < -0.39 is 11.7 Å². The number of methoxy groups -OCH3 is 1. The second-order valence-electron chi connectivity index (χ2n) is 7.85. The fourth-order valence-electron chi connectivity index (χ4n) is 4.46. The van der Waals surface area contributed by atoms with Crippen molar-refractivity contribution in [1.29, 1.82) is 0 Å². The highest BCUT2D eigenvalue weighted by Gasteiger charge is 2.31. The van der Waals surface area contributed by atoms with Crippen LogP contribution in [0.4, 0.5) is 13.2 Å². The van der Waals surface area contributed by atoms with Gasteiger partial charge in [0.25, 0.3) is 0 Å². The van der Waals surface area contributed by atoms with Crippen molar-refractivity contribution in [2.24, 2.45) is 0 Å². The third-order valence-corrected chi connectivity index (χ3v) is 6.04.